The van der Waals surface area contributed by atoms with Gasteiger partial charge in [0.15, 0.2) is 0 Å². The molecule has 1 aromatic rings. The van der Waals surface area contributed by atoms with Crippen molar-refractivity contribution in [2.24, 2.45) is 5.41 Å². The van der Waals surface area contributed by atoms with Crippen LogP contribution in [0.5, 0.6) is 0 Å². The van der Waals surface area contributed by atoms with Crippen molar-refractivity contribution in [2.75, 3.05) is 39.4 Å². The third kappa shape index (κ3) is 3.37. The molecule has 132 valence electrons. The first-order chi connectivity index (χ1) is 11.4. The Morgan fingerprint density at radius 1 is 1.29 bits per heavy atom. The third-order valence-electron chi connectivity index (χ3n) is 4.57. The molecular formula is C17H26N4O3. The maximum Gasteiger partial charge on any atom is 0.257 e. The van der Waals surface area contributed by atoms with Gasteiger partial charge in [-0.05, 0) is 13.0 Å². The highest BCUT2D eigenvalue weighted by atomic mass is 16.5. The van der Waals surface area contributed by atoms with E-state index in [0.29, 0.717) is 31.9 Å². The van der Waals surface area contributed by atoms with Gasteiger partial charge in [0, 0.05) is 37.2 Å². The van der Waals surface area contributed by atoms with Crippen molar-refractivity contribution < 1.29 is 14.3 Å². The van der Waals surface area contributed by atoms with Gasteiger partial charge in [0.25, 0.3) is 11.8 Å². The van der Waals surface area contributed by atoms with Crippen LogP contribution in [0.3, 0.4) is 0 Å². The van der Waals surface area contributed by atoms with Crippen molar-refractivity contribution in [1.82, 2.24) is 20.0 Å². The molecule has 0 aromatic carbocycles. The minimum absolute atomic E-state index is 0.0480. The SMILES string of the molecule is CC(C)(C)C(=O)n1cc(C(=O)N2CCOCC2)c(C2CCNC2)n1. The number of hydrogen-bond acceptors (Lipinski definition) is 5. The fraction of sp³-hybridized carbons (Fsp3) is 0.706. The number of nitrogens with one attached hydrogen (secondary N) is 1. The summed E-state index contributed by atoms with van der Waals surface area (Å²) in [7, 11) is 0. The molecule has 1 unspecified atom stereocenters. The van der Waals surface area contributed by atoms with Gasteiger partial charge >= 0.3 is 0 Å². The quantitative estimate of drug-likeness (QED) is 0.877. The zero-order chi connectivity index (χ0) is 17.3. The molecule has 0 spiro atoms. The molecule has 7 nitrogen and oxygen atoms in total. The van der Waals surface area contributed by atoms with Crippen molar-refractivity contribution in [1.29, 1.82) is 0 Å². The number of nitrogens with zero attached hydrogens (tertiary/aromatic N) is 3. The first kappa shape index (κ1) is 17.1. The van der Waals surface area contributed by atoms with Crippen LogP contribution in [-0.4, -0.2) is 65.9 Å². The smallest absolute Gasteiger partial charge is 0.257 e. The Bertz CT molecular complexity index is 620. The second-order valence-electron chi connectivity index (χ2n) is 7.52. The fourth-order valence-electron chi connectivity index (χ4n) is 3.13. The highest BCUT2D eigenvalue weighted by Gasteiger charge is 2.32. The minimum Gasteiger partial charge on any atom is -0.378 e. The molecule has 0 radical (unpaired) electrons. The first-order valence-electron chi connectivity index (χ1n) is 8.60. The van der Waals surface area contributed by atoms with Crippen LogP contribution in [0.25, 0.3) is 0 Å². The summed E-state index contributed by atoms with van der Waals surface area (Å²) < 4.78 is 6.69. The van der Waals surface area contributed by atoms with E-state index in [0.717, 1.165) is 25.2 Å². The first-order valence-corrected chi connectivity index (χ1v) is 8.60. The van der Waals surface area contributed by atoms with E-state index in [1.165, 1.54) is 4.68 Å². The van der Waals surface area contributed by atoms with E-state index in [2.05, 4.69) is 10.4 Å². The van der Waals surface area contributed by atoms with Gasteiger partial charge in [-0.15, -0.1) is 0 Å². The molecule has 0 aliphatic carbocycles. The average molecular weight is 334 g/mol. The maximum absolute atomic E-state index is 12.9. The lowest BCUT2D eigenvalue weighted by Crippen LogP contribution is -2.41. The van der Waals surface area contributed by atoms with Gasteiger partial charge in [-0.3, -0.25) is 9.59 Å². The highest BCUT2D eigenvalue weighted by molar-refractivity contribution is 5.96. The van der Waals surface area contributed by atoms with Crippen LogP contribution in [0.15, 0.2) is 6.20 Å². The summed E-state index contributed by atoms with van der Waals surface area (Å²) in [5.74, 6) is 0.0305. The third-order valence-corrected chi connectivity index (χ3v) is 4.57. The van der Waals surface area contributed by atoms with E-state index in [1.807, 2.05) is 20.8 Å². The molecule has 0 bridgehead atoms. The summed E-state index contributed by atoms with van der Waals surface area (Å²) in [4.78, 5) is 27.3. The monoisotopic (exact) mass is 334 g/mol. The average Bonchev–Trinajstić information content (AvgIpc) is 3.22. The summed E-state index contributed by atoms with van der Waals surface area (Å²) in [6.45, 7) is 9.56. The second kappa shape index (κ2) is 6.64. The van der Waals surface area contributed by atoms with Crippen molar-refractivity contribution in [3.05, 3.63) is 17.5 Å². The predicted molar refractivity (Wildman–Crippen MR) is 89.3 cm³/mol. The topological polar surface area (TPSA) is 76.5 Å². The zero-order valence-corrected chi connectivity index (χ0v) is 14.7. The normalized spacial score (nSPS) is 22.0. The summed E-state index contributed by atoms with van der Waals surface area (Å²) >= 11 is 0. The van der Waals surface area contributed by atoms with E-state index in [4.69, 9.17) is 4.74 Å². The van der Waals surface area contributed by atoms with Gasteiger partial charge in [0.2, 0.25) is 0 Å². The van der Waals surface area contributed by atoms with Crippen LogP contribution in [0.2, 0.25) is 0 Å². The van der Waals surface area contributed by atoms with E-state index in [9.17, 15) is 9.59 Å². The number of rotatable bonds is 2. The summed E-state index contributed by atoms with van der Waals surface area (Å²) in [5, 5.41) is 7.83. The molecule has 3 heterocycles. The Morgan fingerprint density at radius 2 is 2.00 bits per heavy atom. The largest absolute Gasteiger partial charge is 0.378 e. The highest BCUT2D eigenvalue weighted by Crippen LogP contribution is 2.27. The van der Waals surface area contributed by atoms with E-state index in [1.54, 1.807) is 11.1 Å². The zero-order valence-electron chi connectivity index (χ0n) is 14.7. The van der Waals surface area contributed by atoms with E-state index < -0.39 is 5.41 Å². The lowest BCUT2D eigenvalue weighted by Gasteiger charge is -2.27. The molecule has 7 heteroatoms. The van der Waals surface area contributed by atoms with Crippen LogP contribution in [-0.2, 0) is 4.74 Å². The number of carbonyl (C=O) groups is 2. The number of aromatic nitrogens is 2. The van der Waals surface area contributed by atoms with Gasteiger partial charge in [-0.25, -0.2) is 4.68 Å². The fourth-order valence-corrected chi connectivity index (χ4v) is 3.13. The number of carbonyl (C=O) groups excluding carboxylic acids is 2. The minimum atomic E-state index is -0.545. The maximum atomic E-state index is 12.9. The van der Waals surface area contributed by atoms with Gasteiger partial charge in [0.1, 0.15) is 0 Å². The molecule has 0 saturated carbocycles. The Morgan fingerprint density at radius 3 is 2.58 bits per heavy atom. The molecule has 1 amide bonds. The molecule has 1 atom stereocenters. The Balaban J connectivity index is 1.94. The van der Waals surface area contributed by atoms with Crippen molar-refractivity contribution >= 4 is 11.8 Å². The molecular weight excluding hydrogens is 308 g/mol. The van der Waals surface area contributed by atoms with Crippen LogP contribution in [0, 0.1) is 5.41 Å². The lowest BCUT2D eigenvalue weighted by molar-refractivity contribution is 0.0302. The van der Waals surface area contributed by atoms with Crippen LogP contribution in [0.1, 0.15) is 54.0 Å². The molecule has 1 aromatic heterocycles. The number of amides is 1. The Labute approximate surface area is 142 Å². The molecule has 24 heavy (non-hydrogen) atoms. The standard InChI is InChI=1S/C17H26N4O3/c1-17(2,3)16(23)21-11-13(14(19-21)12-4-5-18-10-12)15(22)20-6-8-24-9-7-20/h11-12,18H,4-10H2,1-3H3. The van der Waals surface area contributed by atoms with Crippen molar-refractivity contribution in [3.8, 4) is 0 Å². The molecule has 2 saturated heterocycles. The molecule has 2 fully saturated rings. The van der Waals surface area contributed by atoms with Crippen molar-refractivity contribution in [3.63, 3.8) is 0 Å². The van der Waals surface area contributed by atoms with Gasteiger partial charge in [0.05, 0.1) is 24.5 Å². The molecule has 2 aliphatic heterocycles. The molecule has 2 aliphatic rings. The molecule has 1 N–H and O–H groups in total. The summed E-state index contributed by atoms with van der Waals surface area (Å²) in [5.41, 5.74) is 0.758. The van der Waals surface area contributed by atoms with Crippen LogP contribution < -0.4 is 5.32 Å². The summed E-state index contributed by atoms with van der Waals surface area (Å²) in [6.07, 6.45) is 2.56. The second-order valence-corrected chi connectivity index (χ2v) is 7.52. The van der Waals surface area contributed by atoms with E-state index in [-0.39, 0.29) is 17.7 Å². The van der Waals surface area contributed by atoms with Crippen LogP contribution in [0.4, 0.5) is 0 Å². The Kier molecular flexibility index (Phi) is 4.73. The van der Waals surface area contributed by atoms with Crippen LogP contribution >= 0.6 is 0 Å². The van der Waals surface area contributed by atoms with E-state index >= 15 is 0 Å². The Hall–Kier alpha value is -1.73. The van der Waals surface area contributed by atoms with Crippen molar-refractivity contribution in [2.45, 2.75) is 33.1 Å². The number of morpholine rings is 1. The lowest BCUT2D eigenvalue weighted by atomic mass is 9.96. The summed E-state index contributed by atoms with van der Waals surface area (Å²) in [6, 6.07) is 0. The van der Waals surface area contributed by atoms with Gasteiger partial charge in [-0.1, -0.05) is 20.8 Å². The molecule has 3 rings (SSSR count). The van der Waals surface area contributed by atoms with Gasteiger partial charge < -0.3 is 15.0 Å². The number of hydrogen-bond donors (Lipinski definition) is 1. The van der Waals surface area contributed by atoms with Gasteiger partial charge in [-0.2, -0.15) is 5.10 Å². The predicted octanol–water partition coefficient (Wildman–Crippen LogP) is 1.12. The number of ether oxygens (including phenoxy) is 1.